The fourth-order valence-corrected chi connectivity index (χ4v) is 4.26. The van der Waals surface area contributed by atoms with E-state index in [1.54, 1.807) is 35.2 Å². The number of aromatic amines is 1. The molecular formula is C25H19FN6O7. The average molecular weight is 534 g/mol. The van der Waals surface area contributed by atoms with E-state index in [2.05, 4.69) is 19.9 Å². The zero-order chi connectivity index (χ0) is 27.7. The van der Waals surface area contributed by atoms with Gasteiger partial charge in [-0.2, -0.15) is 4.98 Å². The Bertz CT molecular complexity index is 1620. The van der Waals surface area contributed by atoms with Crippen molar-refractivity contribution in [3.8, 4) is 11.4 Å². The first-order valence-electron chi connectivity index (χ1n) is 11.6. The molecule has 1 saturated heterocycles. The van der Waals surface area contributed by atoms with Crippen LogP contribution in [0.15, 0.2) is 53.2 Å². The van der Waals surface area contributed by atoms with E-state index in [1.807, 2.05) is 0 Å². The summed E-state index contributed by atoms with van der Waals surface area (Å²) in [7, 11) is 0. The number of ketones is 1. The molecule has 0 bridgehead atoms. The van der Waals surface area contributed by atoms with Crippen LogP contribution in [0.4, 0.5) is 9.18 Å². The van der Waals surface area contributed by atoms with Gasteiger partial charge in [0.05, 0.1) is 11.1 Å². The van der Waals surface area contributed by atoms with E-state index in [-0.39, 0.29) is 59.9 Å². The van der Waals surface area contributed by atoms with Crippen LogP contribution in [0, 0.1) is 5.82 Å². The Hall–Kier alpha value is -5.40. The highest BCUT2D eigenvalue weighted by Gasteiger charge is 2.31. The van der Waals surface area contributed by atoms with Crippen LogP contribution in [0.5, 0.6) is 0 Å². The Labute approximate surface area is 218 Å². The topological polar surface area (TPSA) is 182 Å². The number of nitrogens with two attached hydrogens (primary N) is 1. The first-order valence-corrected chi connectivity index (χ1v) is 11.6. The molecule has 3 N–H and O–H groups in total. The minimum Gasteiger partial charge on any atom is -0.369 e. The number of piperazine rings is 1. The van der Waals surface area contributed by atoms with Crippen LogP contribution in [-0.2, 0) is 9.53 Å². The van der Waals surface area contributed by atoms with E-state index < -0.39 is 35.5 Å². The lowest BCUT2D eigenvalue weighted by atomic mass is 10.0. The molecule has 0 unspecified atom stereocenters. The van der Waals surface area contributed by atoms with Crippen LogP contribution in [0.3, 0.4) is 0 Å². The minimum absolute atomic E-state index is 0.0695. The minimum atomic E-state index is -1.37. The van der Waals surface area contributed by atoms with Gasteiger partial charge in [0.15, 0.2) is 0 Å². The highest BCUT2D eigenvalue weighted by Crippen LogP contribution is 2.31. The number of nitrogens with zero attached hydrogens (tertiary/aromatic N) is 4. The predicted octanol–water partition coefficient (Wildman–Crippen LogP) is 1.76. The average Bonchev–Trinajstić information content (AvgIpc) is 3.61. The summed E-state index contributed by atoms with van der Waals surface area (Å²) >= 11 is 0. The molecule has 1 aliphatic rings. The van der Waals surface area contributed by atoms with Gasteiger partial charge in [-0.15, -0.1) is 0 Å². The van der Waals surface area contributed by atoms with Crippen molar-refractivity contribution in [1.82, 2.24) is 24.9 Å². The first kappa shape index (κ1) is 25.3. The second kappa shape index (κ2) is 10.2. The van der Waals surface area contributed by atoms with E-state index in [0.717, 1.165) is 6.07 Å². The van der Waals surface area contributed by atoms with Crippen LogP contribution in [-0.4, -0.2) is 80.8 Å². The molecule has 3 amide bonds. The third-order valence-electron chi connectivity index (χ3n) is 6.13. The number of amides is 3. The molecule has 0 aliphatic carbocycles. The van der Waals surface area contributed by atoms with Gasteiger partial charge in [-0.05, 0) is 24.3 Å². The van der Waals surface area contributed by atoms with Gasteiger partial charge in [-0.3, -0.25) is 14.4 Å². The van der Waals surface area contributed by atoms with Crippen molar-refractivity contribution in [2.75, 3.05) is 26.2 Å². The molecule has 1 aliphatic heterocycles. The zero-order valence-electron chi connectivity index (χ0n) is 20.0. The van der Waals surface area contributed by atoms with Crippen LogP contribution < -0.4 is 5.73 Å². The molecule has 198 valence electrons. The van der Waals surface area contributed by atoms with Gasteiger partial charge in [0.25, 0.3) is 17.6 Å². The zero-order valence-corrected chi connectivity index (χ0v) is 20.0. The number of ether oxygens (including phenoxy) is 1. The predicted molar refractivity (Wildman–Crippen MR) is 130 cm³/mol. The number of benzene rings is 2. The Morgan fingerprint density at radius 3 is 2.36 bits per heavy atom. The summed E-state index contributed by atoms with van der Waals surface area (Å²) in [5.74, 6) is -4.89. The maximum absolute atomic E-state index is 14.9. The lowest BCUT2D eigenvalue weighted by Gasteiger charge is -2.34. The molecular weight excluding hydrogens is 515 g/mol. The van der Waals surface area contributed by atoms with Crippen LogP contribution in [0.1, 0.15) is 31.4 Å². The fourth-order valence-electron chi connectivity index (χ4n) is 4.26. The number of carbonyl (C=O) groups excluding carboxylic acids is 5. The van der Waals surface area contributed by atoms with Gasteiger partial charge >= 0.3 is 18.0 Å². The molecule has 2 aromatic heterocycles. The molecule has 0 saturated carbocycles. The van der Waals surface area contributed by atoms with Gasteiger partial charge in [-0.1, -0.05) is 23.4 Å². The van der Waals surface area contributed by atoms with E-state index in [4.69, 9.17) is 10.3 Å². The Kier molecular flexibility index (Phi) is 6.58. The van der Waals surface area contributed by atoms with Gasteiger partial charge < -0.3 is 29.8 Å². The number of hydrogen-bond acceptors (Lipinski definition) is 9. The number of aromatic nitrogens is 3. The van der Waals surface area contributed by atoms with Crippen LogP contribution in [0.2, 0.25) is 0 Å². The summed E-state index contributed by atoms with van der Waals surface area (Å²) in [4.78, 5) is 70.9. The Morgan fingerprint density at radius 2 is 1.67 bits per heavy atom. The second-order valence-corrected chi connectivity index (χ2v) is 8.46. The Morgan fingerprint density at radius 1 is 0.974 bits per heavy atom. The molecule has 2 aromatic carbocycles. The third kappa shape index (κ3) is 4.82. The third-order valence-corrected chi connectivity index (χ3v) is 6.13. The number of nitrogens with one attached hydrogen (secondary N) is 1. The van der Waals surface area contributed by atoms with Crippen molar-refractivity contribution >= 4 is 40.6 Å². The molecule has 13 nitrogen and oxygen atoms in total. The standard InChI is InChI=1S/C25H19FN6O7/c26-16-7-6-14(20-29-21(39-30-20)24(36)38-25(27)37)18-17(16)15(12-28-18)19(33)23(35)32-10-8-31(9-11-32)22(34)13-4-2-1-3-5-13/h1-7,12,28H,8-11H2,(H2,27,37). The van der Waals surface area contributed by atoms with E-state index in [9.17, 15) is 28.4 Å². The summed E-state index contributed by atoms with van der Waals surface area (Å²) in [5, 5.41) is 3.44. The molecule has 14 heteroatoms. The second-order valence-electron chi connectivity index (χ2n) is 8.46. The number of esters is 1. The lowest BCUT2D eigenvalue weighted by molar-refractivity contribution is -0.127. The normalized spacial score (nSPS) is 13.4. The van der Waals surface area contributed by atoms with E-state index >= 15 is 0 Å². The Balaban J connectivity index is 1.34. The summed E-state index contributed by atoms with van der Waals surface area (Å²) in [6.45, 7) is 0.730. The van der Waals surface area contributed by atoms with E-state index in [0.29, 0.717) is 5.56 Å². The number of fused-ring (bicyclic) bond motifs is 1. The number of carbonyl (C=O) groups is 5. The molecule has 4 aromatic rings. The lowest BCUT2D eigenvalue weighted by Crippen LogP contribution is -2.52. The van der Waals surface area contributed by atoms with Gasteiger partial charge in [0, 0.05) is 48.9 Å². The SMILES string of the molecule is NC(=O)OC(=O)c1nc(-c2ccc(F)c3c(C(=O)C(=O)N4CCN(C(=O)c5ccccc5)CC4)c[nH]c23)no1. The smallest absolute Gasteiger partial charge is 0.369 e. The molecule has 0 radical (unpaired) electrons. The van der Waals surface area contributed by atoms with Gasteiger partial charge in [0.2, 0.25) is 5.82 Å². The number of Topliss-reactive ketones (excluding diaryl/α,β-unsaturated/α-hetero) is 1. The van der Waals surface area contributed by atoms with Gasteiger partial charge in [-0.25, -0.2) is 14.0 Å². The first-order chi connectivity index (χ1) is 18.7. The highest BCUT2D eigenvalue weighted by molar-refractivity contribution is 6.45. The van der Waals surface area contributed by atoms with Gasteiger partial charge in [0.1, 0.15) is 5.82 Å². The summed E-state index contributed by atoms with van der Waals surface area (Å²) in [6, 6.07) is 11.0. The molecule has 5 rings (SSSR count). The van der Waals surface area contributed by atoms with E-state index in [1.165, 1.54) is 17.2 Å². The largest absolute Gasteiger partial charge is 0.412 e. The highest BCUT2D eigenvalue weighted by atomic mass is 19.1. The molecule has 3 heterocycles. The molecule has 0 spiro atoms. The fraction of sp³-hybridized carbons (Fsp3) is 0.160. The van der Waals surface area contributed by atoms with Crippen molar-refractivity contribution in [3.63, 3.8) is 0 Å². The van der Waals surface area contributed by atoms with Crippen molar-refractivity contribution in [1.29, 1.82) is 0 Å². The van der Waals surface area contributed by atoms with Crippen LogP contribution in [0.25, 0.3) is 22.3 Å². The number of rotatable bonds is 5. The molecule has 0 atom stereocenters. The number of hydrogen-bond donors (Lipinski definition) is 2. The van der Waals surface area contributed by atoms with Crippen molar-refractivity contribution < 1.29 is 37.6 Å². The monoisotopic (exact) mass is 534 g/mol. The maximum atomic E-state index is 14.9. The summed E-state index contributed by atoms with van der Waals surface area (Å²) in [5.41, 5.74) is 5.32. The summed E-state index contributed by atoms with van der Waals surface area (Å²) < 4.78 is 23.8. The number of H-pyrrole nitrogens is 1. The van der Waals surface area contributed by atoms with Crippen molar-refractivity contribution in [2.24, 2.45) is 5.73 Å². The molecule has 39 heavy (non-hydrogen) atoms. The molecule has 1 fully saturated rings. The van der Waals surface area contributed by atoms with Crippen molar-refractivity contribution in [2.45, 2.75) is 0 Å². The van der Waals surface area contributed by atoms with Crippen molar-refractivity contribution in [3.05, 3.63) is 71.5 Å². The van der Waals surface area contributed by atoms with Crippen LogP contribution >= 0.6 is 0 Å². The quantitative estimate of drug-likeness (QED) is 0.167. The summed E-state index contributed by atoms with van der Waals surface area (Å²) in [6.07, 6.45) is -0.181. The number of primary amides is 1. The maximum Gasteiger partial charge on any atom is 0.412 e. The number of halogens is 1.